The number of anilines is 2. The van der Waals surface area contributed by atoms with Gasteiger partial charge in [-0.15, -0.1) is 0 Å². The van der Waals surface area contributed by atoms with Crippen LogP contribution in [0, 0.1) is 6.92 Å². The molecule has 0 atom stereocenters. The summed E-state index contributed by atoms with van der Waals surface area (Å²) in [6, 6.07) is 6.02. The molecule has 0 bridgehead atoms. The van der Waals surface area contributed by atoms with Gasteiger partial charge in [0.25, 0.3) is 0 Å². The SMILES string of the molecule is Cc1cnc2ccc(Nc3ncnc4[nH]c(C5=CCN(C(=O)OC(C)(C)C)CC5)cc34)cn12. The molecule has 1 aliphatic heterocycles. The predicted octanol–water partition coefficient (Wildman–Crippen LogP) is 4.68. The second-order valence-corrected chi connectivity index (χ2v) is 9.24. The smallest absolute Gasteiger partial charge is 0.410 e. The Morgan fingerprint density at radius 1 is 1.21 bits per heavy atom. The topological polar surface area (TPSA) is 100 Å². The van der Waals surface area contributed by atoms with Gasteiger partial charge in [0.2, 0.25) is 0 Å². The first-order chi connectivity index (χ1) is 15.8. The molecule has 4 aromatic rings. The van der Waals surface area contributed by atoms with Crippen molar-refractivity contribution in [1.82, 2.24) is 29.2 Å². The maximum absolute atomic E-state index is 12.3. The molecule has 0 radical (unpaired) electrons. The summed E-state index contributed by atoms with van der Waals surface area (Å²) in [6.07, 6.45) is 7.92. The van der Waals surface area contributed by atoms with Gasteiger partial charge in [-0.25, -0.2) is 19.7 Å². The number of pyridine rings is 1. The summed E-state index contributed by atoms with van der Waals surface area (Å²) in [5.41, 5.74) is 5.28. The van der Waals surface area contributed by atoms with E-state index in [1.54, 1.807) is 11.2 Å². The number of amides is 1. The third-order valence-electron chi connectivity index (χ3n) is 5.59. The largest absolute Gasteiger partial charge is 0.444 e. The molecular weight excluding hydrogens is 418 g/mol. The van der Waals surface area contributed by atoms with E-state index in [9.17, 15) is 4.79 Å². The number of aryl methyl sites for hydroxylation is 1. The van der Waals surface area contributed by atoms with E-state index >= 15 is 0 Å². The molecule has 1 aliphatic rings. The van der Waals surface area contributed by atoms with Crippen LogP contribution in [0.4, 0.5) is 16.3 Å². The monoisotopic (exact) mass is 445 g/mol. The van der Waals surface area contributed by atoms with Crippen LogP contribution in [-0.4, -0.2) is 54.0 Å². The molecule has 4 aromatic heterocycles. The molecule has 0 unspecified atom stereocenters. The molecule has 0 saturated heterocycles. The zero-order valence-corrected chi connectivity index (χ0v) is 19.2. The number of nitrogens with one attached hydrogen (secondary N) is 2. The van der Waals surface area contributed by atoms with Gasteiger partial charge in [0, 0.05) is 36.9 Å². The first-order valence-corrected chi connectivity index (χ1v) is 11.0. The maximum atomic E-state index is 12.3. The van der Waals surface area contributed by atoms with Crippen molar-refractivity contribution in [1.29, 1.82) is 0 Å². The highest BCUT2D eigenvalue weighted by Gasteiger charge is 2.24. The van der Waals surface area contributed by atoms with Crippen LogP contribution in [0.3, 0.4) is 0 Å². The van der Waals surface area contributed by atoms with E-state index in [0.717, 1.165) is 51.6 Å². The summed E-state index contributed by atoms with van der Waals surface area (Å²) in [7, 11) is 0. The number of carbonyl (C=O) groups is 1. The zero-order valence-electron chi connectivity index (χ0n) is 19.2. The average Bonchev–Trinajstić information content (AvgIpc) is 3.37. The van der Waals surface area contributed by atoms with Crippen LogP contribution in [0.25, 0.3) is 22.3 Å². The highest BCUT2D eigenvalue weighted by Crippen LogP contribution is 2.29. The molecule has 0 saturated carbocycles. The maximum Gasteiger partial charge on any atom is 0.410 e. The van der Waals surface area contributed by atoms with E-state index in [1.165, 1.54) is 0 Å². The standard InChI is InChI=1S/C24H27N7O2/c1-15-12-25-20-6-5-17(13-31(15)20)28-21-18-11-19(29-22(18)27-14-26-21)16-7-9-30(10-8-16)23(32)33-24(2,3)4/h5-7,11-14H,8-10H2,1-4H3,(H2,26,27,28,29). The summed E-state index contributed by atoms with van der Waals surface area (Å²) in [6.45, 7) is 8.77. The normalized spacial score (nSPS) is 14.5. The van der Waals surface area contributed by atoms with E-state index in [0.29, 0.717) is 13.1 Å². The molecular formula is C24H27N7O2. The Hall–Kier alpha value is -3.88. The highest BCUT2D eigenvalue weighted by atomic mass is 16.6. The van der Waals surface area contributed by atoms with Crippen LogP contribution in [-0.2, 0) is 4.74 Å². The molecule has 0 aromatic carbocycles. The lowest BCUT2D eigenvalue weighted by Crippen LogP contribution is -2.39. The predicted molar refractivity (Wildman–Crippen MR) is 128 cm³/mol. The fourth-order valence-corrected chi connectivity index (χ4v) is 3.93. The number of aromatic amines is 1. The summed E-state index contributed by atoms with van der Waals surface area (Å²) in [4.78, 5) is 30.7. The Balaban J connectivity index is 1.37. The van der Waals surface area contributed by atoms with Crippen LogP contribution in [0.15, 0.2) is 43.0 Å². The van der Waals surface area contributed by atoms with Crippen LogP contribution >= 0.6 is 0 Å². The van der Waals surface area contributed by atoms with E-state index in [2.05, 4.69) is 37.4 Å². The van der Waals surface area contributed by atoms with E-state index in [-0.39, 0.29) is 6.09 Å². The fraction of sp³-hybridized carbons (Fsp3) is 0.333. The zero-order chi connectivity index (χ0) is 23.2. The third kappa shape index (κ3) is 4.26. The van der Waals surface area contributed by atoms with Crippen molar-refractivity contribution in [3.8, 4) is 0 Å². The summed E-state index contributed by atoms with van der Waals surface area (Å²) >= 11 is 0. The molecule has 1 amide bonds. The Labute approximate surface area is 191 Å². The lowest BCUT2D eigenvalue weighted by molar-refractivity contribution is 0.0270. The van der Waals surface area contributed by atoms with Gasteiger partial charge in [-0.2, -0.15) is 0 Å². The number of nitrogens with zero attached hydrogens (tertiary/aromatic N) is 5. The summed E-state index contributed by atoms with van der Waals surface area (Å²) in [5.74, 6) is 0.728. The van der Waals surface area contributed by atoms with Gasteiger partial charge in [0.1, 0.15) is 29.0 Å². The Bertz CT molecular complexity index is 1380. The number of imidazole rings is 1. The molecule has 33 heavy (non-hydrogen) atoms. The number of rotatable bonds is 3. The first-order valence-electron chi connectivity index (χ1n) is 11.0. The number of fused-ring (bicyclic) bond motifs is 2. The quantitative estimate of drug-likeness (QED) is 0.475. The minimum atomic E-state index is -0.499. The van der Waals surface area contributed by atoms with Crippen molar-refractivity contribution in [2.75, 3.05) is 18.4 Å². The Morgan fingerprint density at radius 2 is 2.06 bits per heavy atom. The van der Waals surface area contributed by atoms with Crippen molar-refractivity contribution in [2.24, 2.45) is 0 Å². The summed E-state index contributed by atoms with van der Waals surface area (Å²) in [5, 5.41) is 4.32. The van der Waals surface area contributed by atoms with Gasteiger partial charge in [-0.3, -0.25) is 0 Å². The molecule has 9 heteroatoms. The molecule has 5 heterocycles. The van der Waals surface area contributed by atoms with Crippen molar-refractivity contribution >= 4 is 39.9 Å². The lowest BCUT2D eigenvalue weighted by atomic mass is 10.1. The second kappa shape index (κ2) is 7.91. The van der Waals surface area contributed by atoms with Gasteiger partial charge in [0.05, 0.1) is 11.1 Å². The lowest BCUT2D eigenvalue weighted by Gasteiger charge is -2.29. The van der Waals surface area contributed by atoms with Crippen molar-refractivity contribution in [2.45, 2.75) is 39.7 Å². The third-order valence-corrected chi connectivity index (χ3v) is 5.59. The molecule has 5 rings (SSSR count). The first kappa shape index (κ1) is 21.0. The minimum Gasteiger partial charge on any atom is -0.444 e. The minimum absolute atomic E-state index is 0.281. The number of carbonyl (C=O) groups excluding carboxylic acids is 1. The van der Waals surface area contributed by atoms with Gasteiger partial charge < -0.3 is 24.3 Å². The van der Waals surface area contributed by atoms with Crippen LogP contribution in [0.1, 0.15) is 38.6 Å². The highest BCUT2D eigenvalue weighted by molar-refractivity contribution is 5.92. The van der Waals surface area contributed by atoms with Gasteiger partial charge >= 0.3 is 6.09 Å². The second-order valence-electron chi connectivity index (χ2n) is 9.24. The molecule has 170 valence electrons. The molecule has 0 aliphatic carbocycles. The number of ether oxygens (including phenoxy) is 1. The van der Waals surface area contributed by atoms with Crippen molar-refractivity contribution in [3.63, 3.8) is 0 Å². The molecule has 9 nitrogen and oxygen atoms in total. The van der Waals surface area contributed by atoms with Gasteiger partial charge in [-0.05, 0) is 57.9 Å². The van der Waals surface area contributed by atoms with Gasteiger partial charge in [-0.1, -0.05) is 6.08 Å². The van der Waals surface area contributed by atoms with Crippen LogP contribution in [0.2, 0.25) is 0 Å². The van der Waals surface area contributed by atoms with Crippen molar-refractivity contribution in [3.05, 3.63) is 54.4 Å². The van der Waals surface area contributed by atoms with Crippen LogP contribution in [0.5, 0.6) is 0 Å². The number of hydrogen-bond donors (Lipinski definition) is 2. The van der Waals surface area contributed by atoms with Gasteiger partial charge in [0.15, 0.2) is 0 Å². The van der Waals surface area contributed by atoms with Crippen molar-refractivity contribution < 1.29 is 9.53 Å². The molecule has 2 N–H and O–H groups in total. The number of aromatic nitrogens is 5. The average molecular weight is 446 g/mol. The fourth-order valence-electron chi connectivity index (χ4n) is 3.93. The number of hydrogen-bond acceptors (Lipinski definition) is 6. The Morgan fingerprint density at radius 3 is 2.82 bits per heavy atom. The summed E-state index contributed by atoms with van der Waals surface area (Å²) < 4.78 is 7.52. The number of H-pyrrole nitrogens is 1. The van der Waals surface area contributed by atoms with E-state index < -0.39 is 5.60 Å². The van der Waals surface area contributed by atoms with Crippen LogP contribution < -0.4 is 5.32 Å². The molecule has 0 spiro atoms. The Kier molecular flexibility index (Phi) is 5.03. The van der Waals surface area contributed by atoms with E-state index in [4.69, 9.17) is 4.74 Å². The molecule has 0 fully saturated rings. The van der Waals surface area contributed by atoms with E-state index in [1.807, 2.05) is 56.6 Å².